The molecule has 0 aliphatic carbocycles. The lowest BCUT2D eigenvalue weighted by atomic mass is 9.75. The van der Waals surface area contributed by atoms with E-state index in [4.69, 9.17) is 9.47 Å². The van der Waals surface area contributed by atoms with Gasteiger partial charge in [0.25, 0.3) is 0 Å². The van der Waals surface area contributed by atoms with Crippen LogP contribution >= 0.6 is 0 Å². The molecule has 2 aromatic rings. The predicted molar refractivity (Wildman–Crippen MR) is 98.7 cm³/mol. The van der Waals surface area contributed by atoms with Crippen molar-refractivity contribution in [2.75, 3.05) is 26.3 Å². The number of nitrogens with zero attached hydrogens (tertiary/aromatic N) is 2. The number of piperidine rings is 1. The molecule has 0 saturated carbocycles. The summed E-state index contributed by atoms with van der Waals surface area (Å²) in [7, 11) is 0. The second-order valence-electron chi connectivity index (χ2n) is 6.77. The van der Waals surface area contributed by atoms with E-state index >= 15 is 0 Å². The molecular formula is C20H27N3O3. The van der Waals surface area contributed by atoms with Crippen LogP contribution in [0.5, 0.6) is 5.75 Å². The Bertz CT molecular complexity index is 665. The number of nitrogens with one attached hydrogen (secondary N) is 1. The fourth-order valence-corrected chi connectivity index (χ4v) is 3.47. The Labute approximate surface area is 154 Å². The van der Waals surface area contributed by atoms with Gasteiger partial charge in [0.1, 0.15) is 5.75 Å². The summed E-state index contributed by atoms with van der Waals surface area (Å²) in [5, 5.41) is 6.99. The number of benzene rings is 1. The van der Waals surface area contributed by atoms with Crippen molar-refractivity contribution >= 4 is 5.97 Å². The molecule has 1 aromatic heterocycles. The third kappa shape index (κ3) is 4.64. The van der Waals surface area contributed by atoms with Crippen LogP contribution in [-0.2, 0) is 16.1 Å². The smallest absolute Gasteiger partial charge is 0.312 e. The van der Waals surface area contributed by atoms with Crippen LogP contribution in [0.1, 0.15) is 31.9 Å². The molecule has 0 spiro atoms. The number of carbonyl (C=O) groups is 1. The molecular weight excluding hydrogens is 330 g/mol. The highest BCUT2D eigenvalue weighted by atomic mass is 16.5. The van der Waals surface area contributed by atoms with Crippen LogP contribution in [-0.4, -0.2) is 47.4 Å². The van der Waals surface area contributed by atoms with Gasteiger partial charge in [-0.2, -0.15) is 5.10 Å². The lowest BCUT2D eigenvalue weighted by Crippen LogP contribution is -2.45. The Morgan fingerprint density at radius 3 is 2.65 bits per heavy atom. The highest BCUT2D eigenvalue weighted by Gasteiger charge is 2.42. The quantitative estimate of drug-likeness (QED) is 0.736. The highest BCUT2D eigenvalue weighted by molar-refractivity contribution is 5.77. The summed E-state index contributed by atoms with van der Waals surface area (Å²) in [6, 6.07) is 11.7. The van der Waals surface area contributed by atoms with Crippen molar-refractivity contribution in [1.82, 2.24) is 15.1 Å². The number of aromatic amines is 1. The molecule has 1 aliphatic heterocycles. The number of carbonyl (C=O) groups excluding carboxylic acids is 1. The molecule has 1 fully saturated rings. The Balaban J connectivity index is 1.57. The molecule has 1 aliphatic rings. The molecule has 0 radical (unpaired) electrons. The van der Waals surface area contributed by atoms with E-state index in [2.05, 4.69) is 15.1 Å². The normalized spacial score (nSPS) is 17.0. The molecule has 1 N–H and O–H groups in total. The molecule has 140 valence electrons. The summed E-state index contributed by atoms with van der Waals surface area (Å²) in [5.74, 6) is 0.751. The van der Waals surface area contributed by atoms with Crippen LogP contribution < -0.4 is 4.74 Å². The first-order valence-corrected chi connectivity index (χ1v) is 9.27. The fourth-order valence-electron chi connectivity index (χ4n) is 3.47. The molecule has 1 aromatic carbocycles. The van der Waals surface area contributed by atoms with E-state index in [0.29, 0.717) is 19.6 Å². The number of H-pyrrole nitrogens is 1. The molecule has 0 unspecified atom stereocenters. The van der Waals surface area contributed by atoms with Crippen LogP contribution in [0.25, 0.3) is 0 Å². The summed E-state index contributed by atoms with van der Waals surface area (Å²) in [4.78, 5) is 15.0. The van der Waals surface area contributed by atoms with Gasteiger partial charge < -0.3 is 9.47 Å². The minimum Gasteiger partial charge on any atom is -0.494 e. The van der Waals surface area contributed by atoms with Crippen LogP contribution in [0.2, 0.25) is 0 Å². The number of likely N-dealkylation sites (tertiary alicyclic amines) is 1. The molecule has 1 saturated heterocycles. The maximum absolute atomic E-state index is 12.7. The second-order valence-corrected chi connectivity index (χ2v) is 6.77. The van der Waals surface area contributed by atoms with Crippen LogP contribution in [0.15, 0.2) is 42.6 Å². The fraction of sp³-hybridized carbons (Fsp3) is 0.500. The number of hydrogen-bond donors (Lipinski definition) is 1. The van der Waals surface area contributed by atoms with Crippen molar-refractivity contribution in [1.29, 1.82) is 0 Å². The van der Waals surface area contributed by atoms with E-state index in [1.54, 1.807) is 6.20 Å². The van der Waals surface area contributed by atoms with Gasteiger partial charge in [-0.1, -0.05) is 18.2 Å². The summed E-state index contributed by atoms with van der Waals surface area (Å²) in [6.07, 6.45) is 4.03. The average Bonchev–Trinajstić information content (AvgIpc) is 3.17. The van der Waals surface area contributed by atoms with Crippen molar-refractivity contribution in [3.63, 3.8) is 0 Å². The van der Waals surface area contributed by atoms with E-state index in [1.807, 2.05) is 43.3 Å². The summed E-state index contributed by atoms with van der Waals surface area (Å²) in [5.41, 5.74) is 0.649. The van der Waals surface area contributed by atoms with Crippen LogP contribution in [0.3, 0.4) is 0 Å². The monoisotopic (exact) mass is 357 g/mol. The van der Waals surface area contributed by atoms with E-state index < -0.39 is 5.41 Å². The predicted octanol–water partition coefficient (Wildman–Crippen LogP) is 3.02. The van der Waals surface area contributed by atoms with Gasteiger partial charge in [0.2, 0.25) is 0 Å². The summed E-state index contributed by atoms with van der Waals surface area (Å²) < 4.78 is 11.2. The standard InChI is InChI=1S/C20H27N3O3/c1-2-25-19(24)20(11-15-26-18-6-4-3-5-7-18)9-13-23(14-10-20)16-17-8-12-21-22-17/h3-8,12H,2,9-11,13-16H2,1H3,(H,21,22). The maximum atomic E-state index is 12.7. The number of rotatable bonds is 8. The zero-order valence-corrected chi connectivity index (χ0v) is 15.3. The van der Waals surface area contributed by atoms with Crippen LogP contribution in [0.4, 0.5) is 0 Å². The first-order chi connectivity index (χ1) is 12.7. The van der Waals surface area contributed by atoms with Gasteiger partial charge in [0.05, 0.1) is 18.6 Å². The highest BCUT2D eigenvalue weighted by Crippen LogP contribution is 2.37. The van der Waals surface area contributed by atoms with Gasteiger partial charge in [-0.05, 0) is 57.5 Å². The van der Waals surface area contributed by atoms with Gasteiger partial charge in [0.15, 0.2) is 0 Å². The average molecular weight is 357 g/mol. The molecule has 26 heavy (non-hydrogen) atoms. The Hall–Kier alpha value is -2.34. The lowest BCUT2D eigenvalue weighted by Gasteiger charge is -2.39. The number of hydrogen-bond acceptors (Lipinski definition) is 5. The second kappa shape index (κ2) is 8.85. The Morgan fingerprint density at radius 1 is 1.23 bits per heavy atom. The van der Waals surface area contributed by atoms with Gasteiger partial charge in [-0.25, -0.2) is 0 Å². The first-order valence-electron chi connectivity index (χ1n) is 9.27. The van der Waals surface area contributed by atoms with E-state index in [0.717, 1.165) is 43.9 Å². The molecule has 0 amide bonds. The van der Waals surface area contributed by atoms with Crippen molar-refractivity contribution < 1.29 is 14.3 Å². The van der Waals surface area contributed by atoms with E-state index in [1.165, 1.54) is 0 Å². The topological polar surface area (TPSA) is 67.5 Å². The zero-order valence-electron chi connectivity index (χ0n) is 15.3. The third-order valence-corrected chi connectivity index (χ3v) is 5.07. The van der Waals surface area contributed by atoms with Gasteiger partial charge >= 0.3 is 5.97 Å². The van der Waals surface area contributed by atoms with Crippen molar-refractivity contribution in [3.05, 3.63) is 48.3 Å². The third-order valence-electron chi connectivity index (χ3n) is 5.07. The minimum atomic E-state index is -0.449. The molecule has 6 nitrogen and oxygen atoms in total. The Kier molecular flexibility index (Phi) is 6.28. The zero-order chi connectivity index (χ0) is 18.2. The molecule has 3 rings (SSSR count). The molecule has 0 atom stereocenters. The van der Waals surface area contributed by atoms with Crippen molar-refractivity contribution in [3.8, 4) is 5.75 Å². The van der Waals surface area contributed by atoms with E-state index in [-0.39, 0.29) is 5.97 Å². The lowest BCUT2D eigenvalue weighted by molar-refractivity contribution is -0.159. The number of para-hydroxylation sites is 1. The largest absolute Gasteiger partial charge is 0.494 e. The maximum Gasteiger partial charge on any atom is 0.312 e. The number of ether oxygens (including phenoxy) is 2. The number of aromatic nitrogens is 2. The number of esters is 1. The Morgan fingerprint density at radius 2 is 2.00 bits per heavy atom. The molecule has 0 bridgehead atoms. The van der Waals surface area contributed by atoms with Gasteiger partial charge in [-0.15, -0.1) is 0 Å². The first kappa shape index (κ1) is 18.5. The van der Waals surface area contributed by atoms with Gasteiger partial charge in [-0.3, -0.25) is 14.8 Å². The molecule has 6 heteroatoms. The summed E-state index contributed by atoms with van der Waals surface area (Å²) in [6.45, 7) is 5.35. The molecule has 2 heterocycles. The van der Waals surface area contributed by atoms with Crippen LogP contribution in [0, 0.1) is 5.41 Å². The van der Waals surface area contributed by atoms with Crippen molar-refractivity contribution in [2.45, 2.75) is 32.7 Å². The van der Waals surface area contributed by atoms with Crippen molar-refractivity contribution in [2.24, 2.45) is 5.41 Å². The SMILES string of the molecule is CCOC(=O)C1(CCOc2ccccc2)CCN(Cc2ccn[nH]2)CC1. The van der Waals surface area contributed by atoms with E-state index in [9.17, 15) is 4.79 Å². The summed E-state index contributed by atoms with van der Waals surface area (Å²) >= 11 is 0. The van der Waals surface area contributed by atoms with Gasteiger partial charge in [0, 0.05) is 18.4 Å². The minimum absolute atomic E-state index is 0.0853.